The molecule has 0 spiro atoms. The first kappa shape index (κ1) is 19.6. The van der Waals surface area contributed by atoms with Crippen LogP contribution in [0.4, 0.5) is 0 Å². The third-order valence-corrected chi connectivity index (χ3v) is 6.12. The Morgan fingerprint density at radius 2 is 1.79 bits per heavy atom. The van der Waals surface area contributed by atoms with E-state index in [1.807, 2.05) is 18.5 Å². The number of aryl methyl sites for hydroxylation is 2. The topological polar surface area (TPSA) is 34.0 Å². The summed E-state index contributed by atoms with van der Waals surface area (Å²) < 4.78 is 2.09. The molecule has 0 aliphatic rings. The van der Waals surface area contributed by atoms with E-state index >= 15 is 0 Å². The van der Waals surface area contributed by atoms with Gasteiger partial charge in [0, 0.05) is 48.2 Å². The molecular weight excluding hydrogens is 376 g/mol. The molecule has 0 fully saturated rings. The van der Waals surface area contributed by atoms with Crippen molar-refractivity contribution in [3.05, 3.63) is 99.3 Å². The van der Waals surface area contributed by atoms with Gasteiger partial charge < -0.3 is 0 Å². The maximum absolute atomic E-state index is 4.88. The highest BCUT2D eigenvalue weighted by atomic mass is 32.1. The second kappa shape index (κ2) is 8.72. The molecule has 0 atom stereocenters. The van der Waals surface area contributed by atoms with E-state index in [1.54, 1.807) is 11.3 Å². The highest BCUT2D eigenvalue weighted by molar-refractivity contribution is 7.09. The van der Waals surface area contributed by atoms with Gasteiger partial charge in [-0.2, -0.15) is 5.10 Å². The largest absolute Gasteiger partial charge is 0.290 e. The first-order valence-electron chi connectivity index (χ1n) is 9.86. The van der Waals surface area contributed by atoms with Gasteiger partial charge in [-0.3, -0.25) is 9.88 Å². The number of rotatable bonds is 7. The molecule has 5 heteroatoms. The summed E-state index contributed by atoms with van der Waals surface area (Å²) in [7, 11) is 0. The Morgan fingerprint density at radius 1 is 0.931 bits per heavy atom. The van der Waals surface area contributed by atoms with Gasteiger partial charge in [0.15, 0.2) is 0 Å². The highest BCUT2D eigenvalue weighted by Crippen LogP contribution is 2.24. The Bertz CT molecular complexity index is 1070. The zero-order chi connectivity index (χ0) is 20.2. The first-order valence-corrected chi connectivity index (χ1v) is 10.7. The van der Waals surface area contributed by atoms with E-state index in [-0.39, 0.29) is 0 Å². The number of benzene rings is 1. The molecule has 0 saturated heterocycles. The predicted octanol–water partition coefficient (Wildman–Crippen LogP) is 5.46. The molecule has 3 heterocycles. The molecule has 0 aliphatic heterocycles. The molecule has 1 aromatic carbocycles. The summed E-state index contributed by atoms with van der Waals surface area (Å²) in [6.07, 6.45) is 3.78. The molecule has 4 nitrogen and oxygen atoms in total. The van der Waals surface area contributed by atoms with Gasteiger partial charge in [-0.25, -0.2) is 4.68 Å². The number of hydrogen-bond acceptors (Lipinski definition) is 4. The standard InChI is InChI=1S/C24H26N4S/c1-18-8-4-5-11-24(18)28-20(3)23(19(2)26-28)17-27(16-22-10-7-13-29-22)15-21-9-6-12-25-14-21/h4-14H,15-17H2,1-3H3. The molecule has 0 aliphatic carbocycles. The van der Waals surface area contributed by atoms with Crippen LogP contribution in [-0.2, 0) is 19.6 Å². The molecule has 0 saturated carbocycles. The lowest BCUT2D eigenvalue weighted by Crippen LogP contribution is -2.22. The predicted molar refractivity (Wildman–Crippen MR) is 119 cm³/mol. The lowest BCUT2D eigenvalue weighted by atomic mass is 10.1. The fourth-order valence-corrected chi connectivity index (χ4v) is 4.45. The molecule has 4 aromatic rings. The minimum atomic E-state index is 0.857. The van der Waals surface area contributed by atoms with Gasteiger partial charge >= 0.3 is 0 Å². The van der Waals surface area contributed by atoms with Crippen molar-refractivity contribution in [2.24, 2.45) is 0 Å². The summed E-state index contributed by atoms with van der Waals surface area (Å²) in [4.78, 5) is 8.13. The number of nitrogens with zero attached hydrogens (tertiary/aromatic N) is 4. The fourth-order valence-electron chi connectivity index (χ4n) is 3.70. The smallest absolute Gasteiger partial charge is 0.0678 e. The molecule has 148 valence electrons. The van der Waals surface area contributed by atoms with Crippen LogP contribution in [-0.4, -0.2) is 19.7 Å². The van der Waals surface area contributed by atoms with Crippen molar-refractivity contribution in [3.8, 4) is 5.69 Å². The van der Waals surface area contributed by atoms with Crippen LogP contribution in [0, 0.1) is 20.8 Å². The summed E-state index contributed by atoms with van der Waals surface area (Å²) in [6.45, 7) is 9.06. The van der Waals surface area contributed by atoms with Gasteiger partial charge in [0.2, 0.25) is 0 Å². The normalized spacial score (nSPS) is 11.3. The fraction of sp³-hybridized carbons (Fsp3) is 0.250. The Balaban J connectivity index is 1.64. The third-order valence-electron chi connectivity index (χ3n) is 5.26. The van der Waals surface area contributed by atoms with E-state index in [9.17, 15) is 0 Å². The average Bonchev–Trinajstić information content (AvgIpc) is 3.33. The van der Waals surface area contributed by atoms with E-state index in [4.69, 9.17) is 5.10 Å². The summed E-state index contributed by atoms with van der Waals surface area (Å²) in [5, 5.41) is 7.02. The minimum absolute atomic E-state index is 0.857. The zero-order valence-corrected chi connectivity index (χ0v) is 18.0. The van der Waals surface area contributed by atoms with E-state index in [0.717, 1.165) is 31.0 Å². The minimum Gasteiger partial charge on any atom is -0.290 e. The van der Waals surface area contributed by atoms with E-state index in [2.05, 4.69) is 83.2 Å². The van der Waals surface area contributed by atoms with Crippen LogP contribution in [0.1, 0.15) is 33.0 Å². The average molecular weight is 403 g/mol. The molecule has 4 rings (SSSR count). The zero-order valence-electron chi connectivity index (χ0n) is 17.2. The summed E-state index contributed by atoms with van der Waals surface area (Å²) in [5.41, 5.74) is 7.21. The Hall–Kier alpha value is -2.76. The Morgan fingerprint density at radius 3 is 2.52 bits per heavy atom. The van der Waals surface area contributed by atoms with Crippen molar-refractivity contribution >= 4 is 11.3 Å². The van der Waals surface area contributed by atoms with Crippen molar-refractivity contribution in [1.29, 1.82) is 0 Å². The Labute approximate surface area is 176 Å². The van der Waals surface area contributed by atoms with Crippen LogP contribution in [0.15, 0.2) is 66.3 Å². The van der Waals surface area contributed by atoms with Crippen LogP contribution < -0.4 is 0 Å². The van der Waals surface area contributed by atoms with Gasteiger partial charge in [-0.1, -0.05) is 30.3 Å². The molecule has 3 aromatic heterocycles. The number of aromatic nitrogens is 3. The molecule has 0 amide bonds. The van der Waals surface area contributed by atoms with Crippen molar-refractivity contribution in [3.63, 3.8) is 0 Å². The number of hydrogen-bond donors (Lipinski definition) is 0. The highest BCUT2D eigenvalue weighted by Gasteiger charge is 2.18. The number of para-hydroxylation sites is 1. The van der Waals surface area contributed by atoms with Crippen LogP contribution in [0.3, 0.4) is 0 Å². The van der Waals surface area contributed by atoms with Crippen LogP contribution in [0.2, 0.25) is 0 Å². The van der Waals surface area contributed by atoms with Crippen molar-refractivity contribution < 1.29 is 0 Å². The van der Waals surface area contributed by atoms with Gasteiger partial charge in [0.25, 0.3) is 0 Å². The molecule has 0 N–H and O–H groups in total. The molecule has 29 heavy (non-hydrogen) atoms. The van der Waals surface area contributed by atoms with Crippen molar-refractivity contribution in [2.75, 3.05) is 0 Å². The number of pyridine rings is 1. The maximum atomic E-state index is 4.88. The van der Waals surface area contributed by atoms with Crippen LogP contribution >= 0.6 is 11.3 Å². The Kier molecular flexibility index (Phi) is 5.88. The monoisotopic (exact) mass is 402 g/mol. The van der Waals surface area contributed by atoms with Gasteiger partial charge in [0.1, 0.15) is 0 Å². The molecule has 0 unspecified atom stereocenters. The summed E-state index contributed by atoms with van der Waals surface area (Å²) in [6, 6.07) is 16.9. The lowest BCUT2D eigenvalue weighted by Gasteiger charge is -2.22. The SMILES string of the molecule is Cc1ccccc1-n1nc(C)c(CN(Cc2cccnc2)Cc2cccs2)c1C. The van der Waals surface area contributed by atoms with Gasteiger partial charge in [-0.15, -0.1) is 11.3 Å². The number of thiophene rings is 1. The van der Waals surface area contributed by atoms with Crippen molar-refractivity contribution in [1.82, 2.24) is 19.7 Å². The lowest BCUT2D eigenvalue weighted by molar-refractivity contribution is 0.248. The van der Waals surface area contributed by atoms with E-state index < -0.39 is 0 Å². The van der Waals surface area contributed by atoms with Gasteiger partial charge in [-0.05, 0) is 55.5 Å². The van der Waals surface area contributed by atoms with Crippen molar-refractivity contribution in [2.45, 2.75) is 40.4 Å². The van der Waals surface area contributed by atoms with E-state index in [0.29, 0.717) is 0 Å². The molecule has 0 radical (unpaired) electrons. The first-order chi connectivity index (χ1) is 14.1. The second-order valence-electron chi connectivity index (χ2n) is 7.43. The quantitative estimate of drug-likeness (QED) is 0.412. The maximum Gasteiger partial charge on any atom is 0.0678 e. The third kappa shape index (κ3) is 4.47. The van der Waals surface area contributed by atoms with E-state index in [1.165, 1.54) is 27.3 Å². The molecular formula is C24H26N4S. The van der Waals surface area contributed by atoms with Gasteiger partial charge in [0.05, 0.1) is 11.4 Å². The van der Waals surface area contributed by atoms with Crippen LogP contribution in [0.5, 0.6) is 0 Å². The second-order valence-corrected chi connectivity index (χ2v) is 8.47. The van der Waals surface area contributed by atoms with Crippen LogP contribution in [0.25, 0.3) is 5.69 Å². The summed E-state index contributed by atoms with van der Waals surface area (Å²) in [5.74, 6) is 0. The molecule has 0 bridgehead atoms. The summed E-state index contributed by atoms with van der Waals surface area (Å²) >= 11 is 1.81.